The molecule has 3 unspecified atom stereocenters. The van der Waals surface area contributed by atoms with Crippen LogP contribution >= 0.6 is 0 Å². The van der Waals surface area contributed by atoms with E-state index in [1.807, 2.05) is 13.8 Å². The van der Waals surface area contributed by atoms with E-state index in [2.05, 4.69) is 16.7 Å². The first-order valence-corrected chi connectivity index (χ1v) is 11.5. The molecule has 0 aromatic heterocycles. The minimum Gasteiger partial charge on any atom is -0.508 e. The number of nitrogens with one attached hydrogen (secondary N) is 2. The van der Waals surface area contributed by atoms with E-state index in [9.17, 15) is 24.3 Å². The average molecular weight is 489 g/mol. The summed E-state index contributed by atoms with van der Waals surface area (Å²) in [6, 6.07) is 5.23. The molecule has 4 amide bonds. The molecule has 35 heavy (non-hydrogen) atoms. The van der Waals surface area contributed by atoms with E-state index in [4.69, 9.17) is 16.9 Å². The highest BCUT2D eigenvalue weighted by Gasteiger charge is 2.36. The van der Waals surface area contributed by atoms with Gasteiger partial charge in [-0.3, -0.25) is 19.3 Å². The van der Waals surface area contributed by atoms with Crippen molar-refractivity contribution in [3.63, 3.8) is 0 Å². The van der Waals surface area contributed by atoms with Crippen molar-refractivity contribution in [1.29, 1.82) is 0 Å². The van der Waals surface area contributed by atoms with Crippen molar-refractivity contribution in [2.45, 2.75) is 84.0 Å². The van der Waals surface area contributed by atoms with Crippen molar-refractivity contribution in [1.82, 2.24) is 15.5 Å². The first-order valence-electron chi connectivity index (χ1n) is 11.5. The minimum atomic E-state index is -1.31. The summed E-state index contributed by atoms with van der Waals surface area (Å²) < 4.78 is 5.23. The summed E-state index contributed by atoms with van der Waals surface area (Å²) in [7, 11) is 0. The molecule has 10 nitrogen and oxygen atoms in total. The van der Waals surface area contributed by atoms with Gasteiger partial charge < -0.3 is 26.2 Å². The molecule has 0 spiro atoms. The van der Waals surface area contributed by atoms with E-state index in [-0.39, 0.29) is 30.2 Å². The van der Waals surface area contributed by atoms with Gasteiger partial charge in [-0.25, -0.2) is 4.79 Å². The maximum Gasteiger partial charge on any atom is 0.408 e. The smallest absolute Gasteiger partial charge is 0.408 e. The summed E-state index contributed by atoms with van der Waals surface area (Å²) in [5.74, 6) is -2.18. The van der Waals surface area contributed by atoms with Crippen molar-refractivity contribution in [3.05, 3.63) is 29.8 Å². The Labute approximate surface area is 206 Å². The number of benzene rings is 1. The predicted octanol–water partition coefficient (Wildman–Crippen LogP) is 2.32. The molecule has 5 N–H and O–H groups in total. The minimum absolute atomic E-state index is 0.122. The van der Waals surface area contributed by atoms with Gasteiger partial charge in [-0.1, -0.05) is 31.9 Å². The topological polar surface area (TPSA) is 151 Å². The van der Waals surface area contributed by atoms with Gasteiger partial charge in [0, 0.05) is 18.5 Å². The number of terminal acetylenes is 1. The largest absolute Gasteiger partial charge is 0.508 e. The number of ether oxygens (including phenoxy) is 1. The summed E-state index contributed by atoms with van der Waals surface area (Å²) in [5.41, 5.74) is 4.67. The predicted molar refractivity (Wildman–Crippen MR) is 131 cm³/mol. The number of phenols is 1. The Balaban J connectivity index is 3.38. The number of aromatic hydroxyl groups is 1. The second-order valence-corrected chi connectivity index (χ2v) is 9.24. The maximum atomic E-state index is 13.5. The van der Waals surface area contributed by atoms with E-state index < -0.39 is 41.5 Å². The molecule has 1 aromatic rings. The second-order valence-electron chi connectivity index (χ2n) is 9.24. The number of rotatable bonds is 11. The fourth-order valence-corrected chi connectivity index (χ4v) is 3.37. The van der Waals surface area contributed by atoms with E-state index in [0.717, 1.165) is 11.3 Å². The molecular formula is C25H36N4O6. The molecular weight excluding hydrogens is 452 g/mol. The number of nitrogens with zero attached hydrogens (tertiary/aromatic N) is 1. The maximum absolute atomic E-state index is 13.5. The Morgan fingerprint density at radius 2 is 1.86 bits per heavy atom. The summed E-state index contributed by atoms with van der Waals surface area (Å²) >= 11 is 0. The van der Waals surface area contributed by atoms with Crippen molar-refractivity contribution in [2.75, 3.05) is 0 Å². The van der Waals surface area contributed by atoms with Gasteiger partial charge in [0.2, 0.25) is 11.8 Å². The number of carbonyl (C=O) groups excluding carboxylic acids is 4. The van der Waals surface area contributed by atoms with Crippen LogP contribution in [0.5, 0.6) is 5.75 Å². The molecule has 1 rings (SSSR count). The molecule has 0 bridgehead atoms. The van der Waals surface area contributed by atoms with Gasteiger partial charge in [0.15, 0.2) is 0 Å². The standard InChI is InChI=1S/C25H36N4O6/c1-7-10-16(3)27-22(32)21(17-11-9-12-18(30)15-17)29(8-2)23(33)19(13-14-20(26)31)28-24(34)35-25(4,5)6/h2,9,11-12,15-16,19,21,30H,7,10,13-14H2,1,3-6H3,(H2,26,31)(H,27,32)(H,28,34). The van der Waals surface area contributed by atoms with Gasteiger partial charge in [0.1, 0.15) is 23.4 Å². The van der Waals surface area contributed by atoms with Crippen molar-refractivity contribution < 1.29 is 29.0 Å². The fourth-order valence-electron chi connectivity index (χ4n) is 3.37. The zero-order valence-electron chi connectivity index (χ0n) is 21.0. The highest BCUT2D eigenvalue weighted by atomic mass is 16.6. The van der Waals surface area contributed by atoms with E-state index in [1.165, 1.54) is 18.2 Å². The SMILES string of the molecule is C#CN(C(=O)C(CCC(N)=O)NC(=O)OC(C)(C)C)C(C(=O)NC(C)CCC)c1cccc(O)c1. The van der Waals surface area contributed by atoms with Crippen LogP contribution in [0.25, 0.3) is 0 Å². The van der Waals surface area contributed by atoms with E-state index in [1.54, 1.807) is 26.8 Å². The summed E-state index contributed by atoms with van der Waals surface area (Å²) in [6.45, 7) is 8.75. The molecule has 1 aromatic carbocycles. The number of hydrogen-bond donors (Lipinski definition) is 4. The lowest BCUT2D eigenvalue weighted by Gasteiger charge is -2.31. The number of hydrogen-bond acceptors (Lipinski definition) is 6. The Morgan fingerprint density at radius 1 is 1.20 bits per heavy atom. The monoisotopic (exact) mass is 488 g/mol. The molecule has 0 heterocycles. The van der Waals surface area contributed by atoms with Crippen LogP contribution in [0.3, 0.4) is 0 Å². The number of primary amides is 1. The van der Waals surface area contributed by atoms with Crippen molar-refractivity contribution >= 4 is 23.8 Å². The van der Waals surface area contributed by atoms with Crippen LogP contribution in [0, 0.1) is 12.5 Å². The van der Waals surface area contributed by atoms with Gasteiger partial charge >= 0.3 is 6.09 Å². The molecule has 0 aliphatic heterocycles. The number of amides is 4. The molecule has 3 atom stereocenters. The number of nitrogens with two attached hydrogens (primary N) is 1. The van der Waals surface area contributed by atoms with Gasteiger partial charge in [-0.2, -0.15) is 0 Å². The molecule has 0 radical (unpaired) electrons. The van der Waals surface area contributed by atoms with Crippen LogP contribution in [0.2, 0.25) is 0 Å². The third-order valence-corrected chi connectivity index (χ3v) is 4.85. The third-order valence-electron chi connectivity index (χ3n) is 4.85. The lowest BCUT2D eigenvalue weighted by Crippen LogP contribution is -2.52. The number of alkyl carbamates (subject to hydrolysis) is 1. The molecule has 0 saturated heterocycles. The zero-order chi connectivity index (χ0) is 26.8. The zero-order valence-corrected chi connectivity index (χ0v) is 21.0. The van der Waals surface area contributed by atoms with Crippen molar-refractivity contribution in [2.24, 2.45) is 5.73 Å². The van der Waals surface area contributed by atoms with Gasteiger partial charge in [-0.05, 0) is 58.2 Å². The number of carbonyl (C=O) groups is 4. The highest BCUT2D eigenvalue weighted by Crippen LogP contribution is 2.26. The average Bonchev–Trinajstić information content (AvgIpc) is 2.72. The first-order chi connectivity index (χ1) is 16.3. The normalized spacial score (nSPS) is 13.5. The molecule has 0 aliphatic carbocycles. The lowest BCUT2D eigenvalue weighted by atomic mass is 10.0. The first kappa shape index (κ1) is 29.3. The Bertz CT molecular complexity index is 950. The summed E-state index contributed by atoms with van der Waals surface area (Å²) in [6.07, 6.45) is 5.93. The Hall–Kier alpha value is -3.74. The molecule has 0 aliphatic rings. The van der Waals surface area contributed by atoms with E-state index in [0.29, 0.717) is 6.42 Å². The Morgan fingerprint density at radius 3 is 2.37 bits per heavy atom. The fraction of sp³-hybridized carbons (Fsp3) is 0.520. The highest BCUT2D eigenvalue weighted by molar-refractivity contribution is 5.93. The van der Waals surface area contributed by atoms with E-state index >= 15 is 0 Å². The van der Waals surface area contributed by atoms with Crippen LogP contribution in [0.15, 0.2) is 24.3 Å². The van der Waals surface area contributed by atoms with Gasteiger partial charge in [0.25, 0.3) is 5.91 Å². The molecule has 0 fully saturated rings. The van der Waals surface area contributed by atoms with Crippen LogP contribution < -0.4 is 16.4 Å². The molecule has 0 saturated carbocycles. The molecule has 192 valence electrons. The summed E-state index contributed by atoms with van der Waals surface area (Å²) in [4.78, 5) is 51.4. The van der Waals surface area contributed by atoms with Crippen LogP contribution in [0.4, 0.5) is 4.79 Å². The summed E-state index contributed by atoms with van der Waals surface area (Å²) in [5, 5.41) is 15.2. The quantitative estimate of drug-likeness (QED) is 0.277. The van der Waals surface area contributed by atoms with Gasteiger partial charge in [0.05, 0.1) is 0 Å². The second kappa shape index (κ2) is 13.2. The van der Waals surface area contributed by atoms with Crippen LogP contribution in [0.1, 0.15) is 71.9 Å². The Kier molecular flexibility index (Phi) is 11.1. The van der Waals surface area contributed by atoms with Crippen molar-refractivity contribution in [3.8, 4) is 18.2 Å². The number of phenolic OH excluding ortho intramolecular Hbond substituents is 1. The molecule has 10 heteroatoms. The van der Waals surface area contributed by atoms with Gasteiger partial charge in [-0.15, -0.1) is 0 Å². The lowest BCUT2D eigenvalue weighted by molar-refractivity contribution is -0.139. The third kappa shape index (κ3) is 9.96. The van der Waals surface area contributed by atoms with Crippen LogP contribution in [-0.4, -0.2) is 51.5 Å². The van der Waals surface area contributed by atoms with Crippen LogP contribution in [-0.2, 0) is 19.1 Å².